The van der Waals surface area contributed by atoms with Crippen molar-refractivity contribution in [2.24, 2.45) is 0 Å². The summed E-state index contributed by atoms with van der Waals surface area (Å²) in [5.41, 5.74) is 18.9. The van der Waals surface area contributed by atoms with Crippen LogP contribution in [0.5, 0.6) is 0 Å². The van der Waals surface area contributed by atoms with Crippen LogP contribution >= 0.6 is 11.3 Å². The molecule has 4 nitrogen and oxygen atoms in total. The molecule has 0 aliphatic carbocycles. The number of thiophene rings is 1. The highest BCUT2D eigenvalue weighted by molar-refractivity contribution is 7.25. The molecule has 0 spiro atoms. The fraction of sp³-hybridized carbons (Fsp3) is 0.114. The van der Waals surface area contributed by atoms with E-state index in [-0.39, 0.29) is 17.7 Å². The summed E-state index contributed by atoms with van der Waals surface area (Å²) in [7, 11) is 0. The van der Waals surface area contributed by atoms with Crippen molar-refractivity contribution in [3.05, 3.63) is 223 Å². The number of fused-ring (bicyclic) bond motifs is 12. The molecule has 6 heteroatoms. The smallest absolute Gasteiger partial charge is 0.333 e. The molecule has 10 aromatic carbocycles. The zero-order chi connectivity index (χ0) is 51.2. The van der Waals surface area contributed by atoms with Crippen molar-refractivity contribution in [1.29, 1.82) is 0 Å². The molecule has 364 valence electrons. The van der Waals surface area contributed by atoms with E-state index in [0.29, 0.717) is 0 Å². The first-order valence-corrected chi connectivity index (χ1v) is 27.3. The Labute approximate surface area is 447 Å². The Morgan fingerprint density at radius 3 is 1.68 bits per heavy atom. The second kappa shape index (κ2) is 16.5. The summed E-state index contributed by atoms with van der Waals surface area (Å²) in [6, 6.07) is 78.5. The van der Waals surface area contributed by atoms with Gasteiger partial charge in [0.1, 0.15) is 22.7 Å². The Hall–Kier alpha value is -8.58. The van der Waals surface area contributed by atoms with E-state index >= 15 is 0 Å². The van der Waals surface area contributed by atoms with Crippen LogP contribution in [0.4, 0.5) is 28.4 Å². The van der Waals surface area contributed by atoms with E-state index in [1.807, 2.05) is 11.3 Å². The predicted octanol–water partition coefficient (Wildman–Crippen LogP) is 19.0. The Balaban J connectivity index is 1.15. The van der Waals surface area contributed by atoms with Crippen LogP contribution in [0.3, 0.4) is 0 Å². The van der Waals surface area contributed by atoms with Gasteiger partial charge in [0.15, 0.2) is 0 Å². The molecule has 3 aromatic heterocycles. The summed E-state index contributed by atoms with van der Waals surface area (Å²) in [6.07, 6.45) is 0. The van der Waals surface area contributed by atoms with Gasteiger partial charge in [-0.05, 0) is 99.1 Å². The molecule has 0 fully saturated rings. The van der Waals surface area contributed by atoms with E-state index in [9.17, 15) is 0 Å². The van der Waals surface area contributed by atoms with Gasteiger partial charge < -0.3 is 18.5 Å². The third kappa shape index (κ3) is 6.76. The number of benzene rings is 10. The summed E-state index contributed by atoms with van der Waals surface area (Å²) in [4.78, 5) is 5.24. The maximum absolute atomic E-state index is 7.28. The van der Waals surface area contributed by atoms with E-state index in [1.54, 1.807) is 0 Å². The van der Waals surface area contributed by atoms with Gasteiger partial charge in [0.05, 0.1) is 5.69 Å². The first kappa shape index (κ1) is 44.9. The monoisotopic (exact) mass is 996 g/mol. The lowest BCUT2D eigenvalue weighted by Crippen LogP contribution is -2.61. The number of rotatable bonds is 5. The van der Waals surface area contributed by atoms with Crippen molar-refractivity contribution in [2.45, 2.75) is 52.4 Å². The van der Waals surface area contributed by atoms with Crippen LogP contribution in [-0.2, 0) is 10.8 Å². The molecule has 2 aliphatic heterocycles. The van der Waals surface area contributed by atoms with Gasteiger partial charge in [-0.2, -0.15) is 0 Å². The maximum atomic E-state index is 7.28. The Morgan fingerprint density at radius 2 is 1.00 bits per heavy atom. The molecule has 15 rings (SSSR count). The lowest BCUT2D eigenvalue weighted by Gasteiger charge is -2.46. The Morgan fingerprint density at radius 1 is 0.408 bits per heavy atom. The molecule has 0 amide bonds. The average molecular weight is 997 g/mol. The Kier molecular flexibility index (Phi) is 9.72. The highest BCUT2D eigenvalue weighted by Gasteiger charge is 2.48. The molecule has 0 bridgehead atoms. The summed E-state index contributed by atoms with van der Waals surface area (Å²) in [5, 5.41) is 6.83. The van der Waals surface area contributed by atoms with Gasteiger partial charge in [0.2, 0.25) is 0 Å². The first-order valence-electron chi connectivity index (χ1n) is 26.5. The second-order valence-electron chi connectivity index (χ2n) is 22.8. The summed E-state index contributed by atoms with van der Waals surface area (Å²) < 4.78 is 17.1. The van der Waals surface area contributed by atoms with Gasteiger partial charge in [-0.3, -0.25) is 0 Å². The van der Waals surface area contributed by atoms with Crippen LogP contribution in [0.25, 0.3) is 97.8 Å². The fourth-order valence-corrected chi connectivity index (χ4v) is 13.5. The number of nitrogens with zero attached hydrogens (tertiary/aromatic N) is 2. The van der Waals surface area contributed by atoms with Crippen LogP contribution in [0.15, 0.2) is 221 Å². The lowest BCUT2D eigenvalue weighted by atomic mass is 9.43. The molecule has 0 saturated heterocycles. The maximum Gasteiger partial charge on any atom is 0.333 e. The molecule has 13 aromatic rings. The molecule has 0 radical (unpaired) electrons. The lowest BCUT2D eigenvalue weighted by molar-refractivity contribution is 0.590. The van der Waals surface area contributed by atoms with Crippen molar-refractivity contribution >= 4 is 110 Å². The normalized spacial score (nSPS) is 13.3. The van der Waals surface area contributed by atoms with Crippen molar-refractivity contribution < 1.29 is 8.83 Å². The van der Waals surface area contributed by atoms with E-state index < -0.39 is 0 Å². The van der Waals surface area contributed by atoms with E-state index in [0.717, 1.165) is 100 Å². The summed E-state index contributed by atoms with van der Waals surface area (Å²) in [6.45, 7) is 13.5. The third-order valence-electron chi connectivity index (χ3n) is 16.2. The van der Waals surface area contributed by atoms with Crippen molar-refractivity contribution in [3.63, 3.8) is 0 Å². The molecular weight excluding hydrogens is 944 g/mol. The van der Waals surface area contributed by atoms with Gasteiger partial charge in [-0.1, -0.05) is 193 Å². The Bertz CT molecular complexity index is 4480. The van der Waals surface area contributed by atoms with Gasteiger partial charge in [0.25, 0.3) is 0 Å². The molecule has 0 unspecified atom stereocenters. The SMILES string of the molecule is CC(C)(C)c1ccc(N2B3c4cc5c(-c6ccccc6)oc(-c6ccccc6)c5cc4N(c4ccc(C(C)(C)C)cc4-c4ccccc4)c4cc5c(oc6ccccc65)c(c43)-c3cc4c(cc32)sc2ccccc24)cc1. The largest absolute Gasteiger partial charge is 0.455 e. The quantitative estimate of drug-likeness (QED) is 0.161. The van der Waals surface area contributed by atoms with Crippen LogP contribution in [0.2, 0.25) is 0 Å². The van der Waals surface area contributed by atoms with E-state index in [1.165, 1.54) is 47.8 Å². The topological polar surface area (TPSA) is 32.8 Å². The van der Waals surface area contributed by atoms with Crippen molar-refractivity contribution in [1.82, 2.24) is 0 Å². The minimum Gasteiger partial charge on any atom is -0.455 e. The van der Waals surface area contributed by atoms with Crippen LogP contribution in [-0.4, -0.2) is 6.85 Å². The van der Waals surface area contributed by atoms with Gasteiger partial charge >= 0.3 is 6.85 Å². The van der Waals surface area contributed by atoms with Crippen LogP contribution < -0.4 is 20.6 Å². The minimum atomic E-state index is -0.300. The summed E-state index contributed by atoms with van der Waals surface area (Å²) >= 11 is 1.87. The third-order valence-corrected chi connectivity index (χ3v) is 17.3. The predicted molar refractivity (Wildman–Crippen MR) is 324 cm³/mol. The zero-order valence-corrected chi connectivity index (χ0v) is 44.2. The average Bonchev–Trinajstić information content (AvgIpc) is 4.28. The zero-order valence-electron chi connectivity index (χ0n) is 43.4. The number of anilines is 5. The molecule has 0 saturated carbocycles. The van der Waals surface area contributed by atoms with E-state index in [2.05, 4.69) is 264 Å². The number of hydrogen-bond donors (Lipinski definition) is 0. The molecule has 2 aliphatic rings. The van der Waals surface area contributed by atoms with E-state index in [4.69, 9.17) is 8.83 Å². The molecule has 76 heavy (non-hydrogen) atoms. The molecule has 0 atom stereocenters. The highest BCUT2D eigenvalue weighted by Crippen LogP contribution is 2.55. The summed E-state index contributed by atoms with van der Waals surface area (Å²) in [5.74, 6) is 1.70. The van der Waals surface area contributed by atoms with Crippen molar-refractivity contribution in [3.8, 4) is 44.9 Å². The molecule has 0 N–H and O–H groups in total. The first-order chi connectivity index (χ1) is 37.0. The van der Waals surface area contributed by atoms with Crippen molar-refractivity contribution in [2.75, 3.05) is 9.71 Å². The standard InChI is InChI=1S/C70H53BN2O2S/c1-69(2,3)45-30-33-47(34-31-45)73-58-41-63-51(49-27-17-19-29-62(49)76-63)37-55(58)64-65-60(40-53-48-26-16-18-28-61(48)74-68(53)64)72(57-35-32-46(70(4,5)6)36-50(57)42-20-10-7-11-21-42)59-39-54-52(38-56(59)71(65)73)66(43-22-12-8-13-23-43)75-67(54)44-24-14-9-15-25-44/h7-41H,1-6H3. The van der Waals surface area contributed by atoms with Gasteiger partial charge in [-0.25, -0.2) is 0 Å². The molecular formula is C70H53BN2O2S. The number of hydrogen-bond acceptors (Lipinski definition) is 5. The number of furan rings is 2. The van der Waals surface area contributed by atoms with Crippen LogP contribution in [0.1, 0.15) is 52.7 Å². The fourth-order valence-electron chi connectivity index (χ4n) is 12.4. The van der Waals surface area contributed by atoms with Gasteiger partial charge in [-0.15, -0.1) is 11.3 Å². The second-order valence-corrected chi connectivity index (χ2v) is 23.9. The van der Waals surface area contributed by atoms with Crippen LogP contribution in [0, 0.1) is 0 Å². The number of para-hydroxylation sites is 1. The molecule has 5 heterocycles. The van der Waals surface area contributed by atoms with Gasteiger partial charge in [0, 0.05) is 92.3 Å². The minimum absolute atomic E-state index is 0.0254. The highest BCUT2D eigenvalue weighted by atomic mass is 32.1.